The van der Waals surface area contributed by atoms with Gasteiger partial charge in [0.1, 0.15) is 10.8 Å². The standard InChI is InChI=1S/C20H18F3N3O5S2/c1-11-24-25-19(32-11)26-33(29,30)10-13-9-14(20(21,22)23)4-5-15(13)16-7-12(8-18(27)28)3-6-17(16)31-2/h3-7,9H,8,10H2,1-2H3,(H,25,26)(H,27,28). The van der Waals surface area contributed by atoms with Crippen LogP contribution < -0.4 is 9.46 Å². The van der Waals surface area contributed by atoms with Crippen molar-refractivity contribution in [1.29, 1.82) is 0 Å². The van der Waals surface area contributed by atoms with Crippen molar-refractivity contribution in [3.8, 4) is 16.9 Å². The number of benzene rings is 2. The zero-order valence-corrected chi connectivity index (χ0v) is 18.9. The number of carboxylic acids is 1. The molecule has 0 saturated heterocycles. The number of aliphatic carboxylic acids is 1. The molecule has 0 amide bonds. The van der Waals surface area contributed by atoms with Crippen molar-refractivity contribution >= 4 is 32.5 Å². The van der Waals surface area contributed by atoms with Crippen molar-refractivity contribution in [2.75, 3.05) is 11.8 Å². The molecule has 1 heterocycles. The molecule has 0 saturated carbocycles. The first-order valence-electron chi connectivity index (χ1n) is 9.28. The summed E-state index contributed by atoms with van der Waals surface area (Å²) in [5.74, 6) is -1.65. The van der Waals surface area contributed by atoms with Gasteiger partial charge in [0.2, 0.25) is 15.2 Å². The first-order valence-corrected chi connectivity index (χ1v) is 11.7. The molecule has 0 unspecified atom stereocenters. The van der Waals surface area contributed by atoms with Crippen LogP contribution in [0.1, 0.15) is 21.7 Å². The highest BCUT2D eigenvalue weighted by molar-refractivity contribution is 7.92. The Morgan fingerprint density at radius 3 is 2.45 bits per heavy atom. The Hall–Kier alpha value is -3.19. The minimum Gasteiger partial charge on any atom is -0.496 e. The maximum absolute atomic E-state index is 13.4. The molecule has 0 aliphatic heterocycles. The van der Waals surface area contributed by atoms with Crippen molar-refractivity contribution in [3.63, 3.8) is 0 Å². The molecule has 8 nitrogen and oxygen atoms in total. The molecule has 0 aliphatic carbocycles. The van der Waals surface area contributed by atoms with Gasteiger partial charge in [-0.25, -0.2) is 8.42 Å². The highest BCUT2D eigenvalue weighted by Crippen LogP contribution is 2.38. The Kier molecular flexibility index (Phi) is 6.93. The van der Waals surface area contributed by atoms with Crippen LogP contribution in [-0.4, -0.2) is 36.8 Å². The van der Waals surface area contributed by atoms with Crippen LogP contribution in [0.5, 0.6) is 5.75 Å². The first-order chi connectivity index (χ1) is 15.4. The zero-order chi connectivity index (χ0) is 24.4. The maximum atomic E-state index is 13.4. The largest absolute Gasteiger partial charge is 0.496 e. The second-order valence-corrected chi connectivity index (χ2v) is 9.87. The van der Waals surface area contributed by atoms with E-state index in [0.29, 0.717) is 10.6 Å². The molecular formula is C20H18F3N3O5S2. The third-order valence-electron chi connectivity index (χ3n) is 4.46. The third kappa shape index (κ3) is 6.20. The Morgan fingerprint density at radius 2 is 1.88 bits per heavy atom. The minimum absolute atomic E-state index is 0.0120. The summed E-state index contributed by atoms with van der Waals surface area (Å²) in [6.45, 7) is 1.62. The number of anilines is 1. The summed E-state index contributed by atoms with van der Waals surface area (Å²) in [6.07, 6.45) is -5.03. The highest BCUT2D eigenvalue weighted by Gasteiger charge is 2.32. The second-order valence-electron chi connectivity index (χ2n) is 6.96. The normalized spacial score (nSPS) is 11.9. The first kappa shape index (κ1) is 24.5. The van der Waals surface area contributed by atoms with E-state index in [-0.39, 0.29) is 34.0 Å². The summed E-state index contributed by atoms with van der Waals surface area (Å²) < 4.78 is 73.1. The highest BCUT2D eigenvalue weighted by atomic mass is 32.2. The van der Waals surface area contributed by atoms with Gasteiger partial charge in [0.15, 0.2) is 0 Å². The van der Waals surface area contributed by atoms with Gasteiger partial charge in [-0.05, 0) is 47.9 Å². The van der Waals surface area contributed by atoms with Crippen molar-refractivity contribution in [2.45, 2.75) is 25.3 Å². The van der Waals surface area contributed by atoms with Gasteiger partial charge in [-0.15, -0.1) is 10.2 Å². The average molecular weight is 502 g/mol. The SMILES string of the molecule is COc1ccc(CC(=O)O)cc1-c1ccc(C(F)(F)F)cc1CS(=O)(=O)Nc1nnc(C)s1. The van der Waals surface area contributed by atoms with Crippen molar-refractivity contribution < 1.29 is 36.2 Å². The lowest BCUT2D eigenvalue weighted by Gasteiger charge is -2.17. The van der Waals surface area contributed by atoms with Gasteiger partial charge < -0.3 is 9.84 Å². The van der Waals surface area contributed by atoms with Crippen LogP contribution in [0.15, 0.2) is 36.4 Å². The lowest BCUT2D eigenvalue weighted by Crippen LogP contribution is -2.16. The molecule has 13 heteroatoms. The van der Waals surface area contributed by atoms with Gasteiger partial charge in [-0.2, -0.15) is 13.2 Å². The quantitative estimate of drug-likeness (QED) is 0.477. The monoisotopic (exact) mass is 501 g/mol. The van der Waals surface area contributed by atoms with Crippen LogP contribution in [0, 0.1) is 6.92 Å². The molecule has 0 fully saturated rings. The molecule has 0 spiro atoms. The van der Waals surface area contributed by atoms with Crippen molar-refractivity contribution in [3.05, 3.63) is 58.1 Å². The number of halogens is 3. The molecule has 1 aromatic heterocycles. The Labute approximate surface area is 191 Å². The van der Waals surface area contributed by atoms with Crippen molar-refractivity contribution in [2.24, 2.45) is 0 Å². The molecule has 176 valence electrons. The number of ether oxygens (including phenoxy) is 1. The number of alkyl halides is 3. The molecule has 0 bridgehead atoms. The van der Waals surface area contributed by atoms with E-state index >= 15 is 0 Å². The fraction of sp³-hybridized carbons (Fsp3) is 0.250. The molecule has 3 aromatic rings. The molecule has 2 N–H and O–H groups in total. The fourth-order valence-electron chi connectivity index (χ4n) is 3.11. The van der Waals surface area contributed by atoms with Crippen LogP contribution in [0.2, 0.25) is 0 Å². The number of aromatic nitrogens is 2. The van der Waals surface area contributed by atoms with E-state index in [1.165, 1.54) is 25.3 Å². The second kappa shape index (κ2) is 9.35. The number of sulfonamides is 1. The number of carboxylic acid groups (broad SMARTS) is 1. The van der Waals surface area contributed by atoms with Crippen LogP contribution in [0.3, 0.4) is 0 Å². The predicted octanol–water partition coefficient (Wildman–Crippen LogP) is 4.11. The van der Waals surface area contributed by atoms with E-state index < -0.39 is 33.5 Å². The van der Waals surface area contributed by atoms with Crippen LogP contribution in [-0.2, 0) is 33.2 Å². The topological polar surface area (TPSA) is 118 Å². The molecule has 0 aliphatic rings. The summed E-state index contributed by atoms with van der Waals surface area (Å²) in [4.78, 5) is 11.1. The van der Waals surface area contributed by atoms with Crippen molar-refractivity contribution in [1.82, 2.24) is 10.2 Å². The maximum Gasteiger partial charge on any atom is 0.416 e. The lowest BCUT2D eigenvalue weighted by molar-refractivity contribution is -0.138. The minimum atomic E-state index is -4.70. The van der Waals surface area contributed by atoms with Crippen LogP contribution >= 0.6 is 11.3 Å². The lowest BCUT2D eigenvalue weighted by atomic mass is 9.95. The number of carbonyl (C=O) groups is 1. The Bertz CT molecular complexity index is 1290. The molecule has 0 atom stereocenters. The van der Waals surface area contributed by atoms with E-state index in [0.717, 1.165) is 29.5 Å². The smallest absolute Gasteiger partial charge is 0.416 e. The van der Waals surface area contributed by atoms with E-state index in [2.05, 4.69) is 14.9 Å². The number of aryl methyl sites for hydroxylation is 1. The molecule has 0 radical (unpaired) electrons. The summed E-state index contributed by atoms with van der Waals surface area (Å²) in [7, 11) is -2.82. The van der Waals surface area contributed by atoms with Gasteiger partial charge in [0, 0.05) is 5.56 Å². The van der Waals surface area contributed by atoms with Gasteiger partial charge in [0.25, 0.3) is 0 Å². The van der Waals surface area contributed by atoms with Gasteiger partial charge in [-0.3, -0.25) is 9.52 Å². The predicted molar refractivity (Wildman–Crippen MR) is 116 cm³/mol. The van der Waals surface area contributed by atoms with Gasteiger partial charge >= 0.3 is 12.1 Å². The van der Waals surface area contributed by atoms with E-state index in [9.17, 15) is 26.4 Å². The summed E-state index contributed by atoms with van der Waals surface area (Å²) >= 11 is 0.979. The van der Waals surface area contributed by atoms with E-state index in [4.69, 9.17) is 9.84 Å². The number of nitrogens with zero attached hydrogens (tertiary/aromatic N) is 2. The number of nitrogens with one attached hydrogen (secondary N) is 1. The van der Waals surface area contributed by atoms with Crippen LogP contribution in [0.4, 0.5) is 18.3 Å². The molecule has 2 aromatic carbocycles. The number of methoxy groups -OCH3 is 1. The molecular weight excluding hydrogens is 483 g/mol. The third-order valence-corrected chi connectivity index (χ3v) is 6.54. The summed E-state index contributed by atoms with van der Waals surface area (Å²) in [5.41, 5.74) is -0.379. The Morgan fingerprint density at radius 1 is 1.15 bits per heavy atom. The number of rotatable bonds is 8. The zero-order valence-electron chi connectivity index (χ0n) is 17.3. The van der Waals surface area contributed by atoms with Crippen LogP contribution in [0.25, 0.3) is 11.1 Å². The van der Waals surface area contributed by atoms with Gasteiger partial charge in [0.05, 0.1) is 24.8 Å². The average Bonchev–Trinajstić information content (AvgIpc) is 3.10. The fourth-order valence-corrected chi connectivity index (χ4v) is 5.13. The number of hydrogen-bond acceptors (Lipinski definition) is 7. The van der Waals surface area contributed by atoms with E-state index in [1.807, 2.05) is 0 Å². The van der Waals surface area contributed by atoms with E-state index in [1.54, 1.807) is 6.92 Å². The summed E-state index contributed by atoms with van der Waals surface area (Å²) in [6, 6.07) is 7.17. The Balaban J connectivity index is 2.12. The number of hydrogen-bond donors (Lipinski definition) is 2. The molecule has 33 heavy (non-hydrogen) atoms. The van der Waals surface area contributed by atoms with Gasteiger partial charge in [-0.1, -0.05) is 23.5 Å². The molecule has 3 rings (SSSR count). The summed E-state index contributed by atoms with van der Waals surface area (Å²) in [5, 5.41) is 16.9.